The molecule has 5 heteroatoms. The highest BCUT2D eigenvalue weighted by molar-refractivity contribution is 6.30. The lowest BCUT2D eigenvalue weighted by Gasteiger charge is -2.18. The normalized spacial score (nSPS) is 16.2. The number of benzene rings is 2. The third-order valence-corrected chi connectivity index (χ3v) is 4.53. The molecule has 0 spiro atoms. The highest BCUT2D eigenvalue weighted by Crippen LogP contribution is 2.23. The first kappa shape index (κ1) is 17.5. The summed E-state index contributed by atoms with van der Waals surface area (Å²) in [5.41, 5.74) is 6.85. The van der Waals surface area contributed by atoms with E-state index < -0.39 is 6.10 Å². The van der Waals surface area contributed by atoms with Gasteiger partial charge in [0.2, 0.25) is 0 Å². The number of rotatable bonds is 4. The Labute approximate surface area is 152 Å². The van der Waals surface area contributed by atoms with Crippen LogP contribution >= 0.6 is 11.6 Å². The predicted octanol–water partition coefficient (Wildman–Crippen LogP) is 4.27. The fourth-order valence-corrected chi connectivity index (χ4v) is 3.15. The van der Waals surface area contributed by atoms with Crippen molar-refractivity contribution in [2.75, 3.05) is 0 Å². The van der Waals surface area contributed by atoms with E-state index in [-0.39, 0.29) is 5.91 Å². The molecule has 2 aromatic carbocycles. The van der Waals surface area contributed by atoms with Gasteiger partial charge in [-0.3, -0.25) is 4.79 Å². The zero-order chi connectivity index (χ0) is 17.8. The molecule has 130 valence electrons. The molecule has 1 N–H and O–H groups in total. The lowest BCUT2D eigenvalue weighted by Crippen LogP contribution is -2.34. The monoisotopic (exact) mass is 356 g/mol. The van der Waals surface area contributed by atoms with E-state index in [1.54, 1.807) is 25.1 Å². The Morgan fingerprint density at radius 2 is 2.04 bits per heavy atom. The van der Waals surface area contributed by atoms with E-state index in [0.717, 1.165) is 36.1 Å². The van der Waals surface area contributed by atoms with Crippen molar-refractivity contribution in [3.8, 4) is 5.75 Å². The third kappa shape index (κ3) is 4.20. The lowest BCUT2D eigenvalue weighted by molar-refractivity contribution is -0.127. The van der Waals surface area contributed by atoms with Crippen molar-refractivity contribution in [1.29, 1.82) is 0 Å². The Morgan fingerprint density at radius 1 is 1.24 bits per heavy atom. The Balaban J connectivity index is 1.66. The molecule has 1 aliphatic carbocycles. The summed E-state index contributed by atoms with van der Waals surface area (Å²) in [6, 6.07) is 13.5. The number of aryl methyl sites for hydroxylation is 2. The SMILES string of the molecule is Cc1cc(Cl)ccc1OC(C)C(=O)NN=C1CCCc2ccccc21. The first-order valence-corrected chi connectivity index (χ1v) is 8.80. The Hall–Kier alpha value is -2.33. The molecule has 4 nitrogen and oxygen atoms in total. The summed E-state index contributed by atoms with van der Waals surface area (Å²) >= 11 is 5.94. The van der Waals surface area contributed by atoms with Crippen LogP contribution in [0.1, 0.15) is 36.5 Å². The van der Waals surface area contributed by atoms with E-state index in [2.05, 4.69) is 22.7 Å². The number of hydrazone groups is 1. The summed E-state index contributed by atoms with van der Waals surface area (Å²) < 4.78 is 5.73. The maximum atomic E-state index is 12.3. The van der Waals surface area contributed by atoms with Gasteiger partial charge in [-0.25, -0.2) is 5.43 Å². The molecule has 0 saturated carbocycles. The molecule has 0 aliphatic heterocycles. The minimum absolute atomic E-state index is 0.273. The molecule has 3 rings (SSSR count). The average Bonchev–Trinajstić information content (AvgIpc) is 2.61. The molecule has 25 heavy (non-hydrogen) atoms. The molecule has 2 aromatic rings. The van der Waals surface area contributed by atoms with Crippen LogP contribution in [0.4, 0.5) is 0 Å². The number of amides is 1. The summed E-state index contributed by atoms with van der Waals surface area (Å²) in [5, 5.41) is 4.98. The molecule has 0 radical (unpaired) electrons. The summed E-state index contributed by atoms with van der Waals surface area (Å²) in [6.07, 6.45) is 2.31. The van der Waals surface area contributed by atoms with E-state index >= 15 is 0 Å². The van der Waals surface area contributed by atoms with Gasteiger partial charge in [-0.2, -0.15) is 5.10 Å². The second kappa shape index (κ2) is 7.70. The van der Waals surface area contributed by atoms with E-state index in [1.807, 2.05) is 19.1 Å². The number of carbonyl (C=O) groups excluding carboxylic acids is 1. The topological polar surface area (TPSA) is 50.7 Å². The van der Waals surface area contributed by atoms with Gasteiger partial charge in [-0.15, -0.1) is 0 Å². The molecule has 0 fully saturated rings. The molecular weight excluding hydrogens is 336 g/mol. The van der Waals surface area contributed by atoms with Crippen LogP contribution in [0.2, 0.25) is 5.02 Å². The molecule has 1 amide bonds. The molecule has 0 bridgehead atoms. The predicted molar refractivity (Wildman–Crippen MR) is 100 cm³/mol. The maximum absolute atomic E-state index is 12.3. The first-order valence-electron chi connectivity index (χ1n) is 8.42. The Kier molecular flexibility index (Phi) is 5.39. The van der Waals surface area contributed by atoms with Crippen molar-refractivity contribution in [2.24, 2.45) is 5.10 Å². The smallest absolute Gasteiger partial charge is 0.280 e. The highest BCUT2D eigenvalue weighted by atomic mass is 35.5. The fraction of sp³-hybridized carbons (Fsp3) is 0.300. The van der Waals surface area contributed by atoms with Crippen LogP contribution < -0.4 is 10.2 Å². The van der Waals surface area contributed by atoms with Gasteiger partial charge in [-0.05, 0) is 62.4 Å². The van der Waals surface area contributed by atoms with Crippen LogP contribution in [0.15, 0.2) is 47.6 Å². The number of hydrogen-bond donors (Lipinski definition) is 1. The summed E-state index contributed by atoms with van der Waals surface area (Å²) in [4.78, 5) is 12.3. The number of nitrogens with one attached hydrogen (secondary N) is 1. The van der Waals surface area contributed by atoms with Crippen molar-refractivity contribution in [3.05, 3.63) is 64.2 Å². The number of fused-ring (bicyclic) bond motifs is 1. The van der Waals surface area contributed by atoms with Crippen LogP contribution in [-0.4, -0.2) is 17.7 Å². The number of hydrogen-bond acceptors (Lipinski definition) is 3. The van der Waals surface area contributed by atoms with E-state index in [1.165, 1.54) is 5.56 Å². The minimum atomic E-state index is -0.650. The Bertz CT molecular complexity index is 817. The van der Waals surface area contributed by atoms with Crippen LogP contribution in [-0.2, 0) is 11.2 Å². The van der Waals surface area contributed by atoms with Crippen molar-refractivity contribution < 1.29 is 9.53 Å². The molecule has 0 heterocycles. The number of carbonyl (C=O) groups is 1. The van der Waals surface area contributed by atoms with Gasteiger partial charge < -0.3 is 4.74 Å². The first-order chi connectivity index (χ1) is 12.0. The van der Waals surface area contributed by atoms with Crippen LogP contribution in [0.3, 0.4) is 0 Å². The maximum Gasteiger partial charge on any atom is 0.280 e. The second-order valence-electron chi connectivity index (χ2n) is 6.22. The minimum Gasteiger partial charge on any atom is -0.481 e. The average molecular weight is 357 g/mol. The van der Waals surface area contributed by atoms with Crippen LogP contribution in [0, 0.1) is 6.92 Å². The molecular formula is C20H21ClN2O2. The van der Waals surface area contributed by atoms with Crippen molar-refractivity contribution in [1.82, 2.24) is 5.43 Å². The van der Waals surface area contributed by atoms with Gasteiger partial charge in [0.1, 0.15) is 5.75 Å². The highest BCUT2D eigenvalue weighted by Gasteiger charge is 2.18. The van der Waals surface area contributed by atoms with Gasteiger partial charge in [0.05, 0.1) is 5.71 Å². The fourth-order valence-electron chi connectivity index (χ4n) is 2.92. The van der Waals surface area contributed by atoms with Gasteiger partial charge >= 0.3 is 0 Å². The van der Waals surface area contributed by atoms with E-state index in [0.29, 0.717) is 10.8 Å². The largest absolute Gasteiger partial charge is 0.481 e. The quantitative estimate of drug-likeness (QED) is 0.831. The number of nitrogens with zero attached hydrogens (tertiary/aromatic N) is 1. The number of halogens is 1. The van der Waals surface area contributed by atoms with Crippen molar-refractivity contribution in [3.63, 3.8) is 0 Å². The zero-order valence-corrected chi connectivity index (χ0v) is 15.1. The van der Waals surface area contributed by atoms with Gasteiger partial charge in [0, 0.05) is 10.6 Å². The molecule has 0 aromatic heterocycles. The second-order valence-corrected chi connectivity index (χ2v) is 6.65. The zero-order valence-electron chi connectivity index (χ0n) is 14.4. The van der Waals surface area contributed by atoms with Crippen molar-refractivity contribution >= 4 is 23.2 Å². The van der Waals surface area contributed by atoms with Crippen molar-refractivity contribution in [2.45, 2.75) is 39.2 Å². The van der Waals surface area contributed by atoms with Gasteiger partial charge in [0.15, 0.2) is 6.10 Å². The van der Waals surface area contributed by atoms with Gasteiger partial charge in [0.25, 0.3) is 5.91 Å². The summed E-state index contributed by atoms with van der Waals surface area (Å²) in [5.74, 6) is 0.368. The standard InChI is InChI=1S/C20H21ClN2O2/c1-13-12-16(21)10-11-19(13)25-14(2)20(24)23-22-18-9-5-7-15-6-3-4-8-17(15)18/h3-4,6,8,10-12,14H,5,7,9H2,1-2H3,(H,23,24). The molecule has 0 saturated heterocycles. The van der Waals surface area contributed by atoms with Crippen LogP contribution in [0.5, 0.6) is 5.75 Å². The molecule has 1 unspecified atom stereocenters. The van der Waals surface area contributed by atoms with E-state index in [9.17, 15) is 4.79 Å². The lowest BCUT2D eigenvalue weighted by atomic mass is 9.90. The third-order valence-electron chi connectivity index (χ3n) is 4.30. The summed E-state index contributed by atoms with van der Waals surface area (Å²) in [6.45, 7) is 3.60. The van der Waals surface area contributed by atoms with Gasteiger partial charge in [-0.1, -0.05) is 35.9 Å². The van der Waals surface area contributed by atoms with Crippen LogP contribution in [0.25, 0.3) is 0 Å². The van der Waals surface area contributed by atoms with E-state index in [4.69, 9.17) is 16.3 Å². The molecule has 1 atom stereocenters. The Morgan fingerprint density at radius 3 is 2.84 bits per heavy atom. The molecule has 1 aliphatic rings. The number of ether oxygens (including phenoxy) is 1. The summed E-state index contributed by atoms with van der Waals surface area (Å²) in [7, 11) is 0.